The molecule has 146 valence electrons. The number of thioether (sulfide) groups is 1. The fraction of sp³-hybridized carbons (Fsp3) is 0.227. The normalized spacial score (nSPS) is 10.4. The summed E-state index contributed by atoms with van der Waals surface area (Å²) in [7, 11) is 0. The molecule has 0 amide bonds. The van der Waals surface area contributed by atoms with Crippen LogP contribution in [-0.2, 0) is 5.75 Å². The molecule has 0 bridgehead atoms. The maximum Gasteiger partial charge on any atom is 0.182 e. The van der Waals surface area contributed by atoms with Crippen LogP contribution in [0.1, 0.15) is 36.1 Å². The quantitative estimate of drug-likeness (QED) is 0.372. The van der Waals surface area contributed by atoms with Crippen LogP contribution in [0.25, 0.3) is 0 Å². The van der Waals surface area contributed by atoms with Crippen molar-refractivity contribution in [3.63, 3.8) is 0 Å². The van der Waals surface area contributed by atoms with Gasteiger partial charge < -0.3 is 0 Å². The minimum absolute atomic E-state index is 0.120. The molecule has 2 aromatic rings. The van der Waals surface area contributed by atoms with E-state index in [0.29, 0.717) is 16.5 Å². The third kappa shape index (κ3) is 7.37. The molecule has 0 saturated heterocycles. The fourth-order valence-corrected chi connectivity index (χ4v) is 2.79. The Labute approximate surface area is 170 Å². The summed E-state index contributed by atoms with van der Waals surface area (Å²) in [4.78, 5) is 0. The van der Waals surface area contributed by atoms with Crippen LogP contribution in [0.4, 0.5) is 10.1 Å². The SMILES string of the molecule is C/C=C(\C)F.C=NN(C(=N)SCc1ccc(C#N)cc1)c1ccc(C)c(C)c1. The lowest BCUT2D eigenvalue weighted by molar-refractivity contribution is 0.638. The van der Waals surface area contributed by atoms with Crippen LogP contribution in [0.15, 0.2) is 59.5 Å². The fourth-order valence-electron chi connectivity index (χ4n) is 2.01. The number of rotatable bonds is 4. The summed E-state index contributed by atoms with van der Waals surface area (Å²) in [5, 5.41) is 22.8. The lowest BCUT2D eigenvalue weighted by Gasteiger charge is -2.19. The smallest absolute Gasteiger partial charge is 0.182 e. The molecule has 28 heavy (non-hydrogen) atoms. The zero-order chi connectivity index (χ0) is 21.1. The van der Waals surface area contributed by atoms with E-state index in [9.17, 15) is 4.39 Å². The van der Waals surface area contributed by atoms with Gasteiger partial charge in [-0.15, -0.1) is 0 Å². The first kappa shape index (κ1) is 23.1. The second kappa shape index (κ2) is 11.7. The van der Waals surface area contributed by atoms with E-state index in [2.05, 4.69) is 24.8 Å². The summed E-state index contributed by atoms with van der Waals surface area (Å²) in [6, 6.07) is 15.4. The first-order valence-corrected chi connectivity index (χ1v) is 9.63. The zero-order valence-electron chi connectivity index (χ0n) is 16.7. The highest BCUT2D eigenvalue weighted by Crippen LogP contribution is 2.24. The van der Waals surface area contributed by atoms with Gasteiger partial charge in [-0.05, 0) is 68.7 Å². The van der Waals surface area contributed by atoms with E-state index in [1.54, 1.807) is 19.1 Å². The van der Waals surface area contributed by atoms with Crippen LogP contribution >= 0.6 is 11.8 Å². The number of halogens is 1. The molecule has 0 aliphatic carbocycles. The number of aryl methyl sites for hydroxylation is 2. The van der Waals surface area contributed by atoms with Crippen molar-refractivity contribution < 1.29 is 4.39 Å². The highest BCUT2D eigenvalue weighted by molar-refractivity contribution is 8.13. The molecule has 0 aliphatic rings. The molecule has 0 heterocycles. The van der Waals surface area contributed by atoms with Crippen molar-refractivity contribution in [2.24, 2.45) is 5.10 Å². The average molecular weight is 397 g/mol. The molecule has 2 rings (SSSR count). The predicted octanol–water partition coefficient (Wildman–Crippen LogP) is 6.34. The molecule has 0 spiro atoms. The van der Waals surface area contributed by atoms with Gasteiger partial charge in [0.2, 0.25) is 0 Å². The van der Waals surface area contributed by atoms with Gasteiger partial charge in [-0.25, -0.2) is 9.40 Å². The van der Waals surface area contributed by atoms with Crippen molar-refractivity contribution in [1.29, 1.82) is 10.7 Å². The number of nitriles is 1. The number of anilines is 1. The maximum absolute atomic E-state index is 11.3. The van der Waals surface area contributed by atoms with Gasteiger partial charge in [-0.2, -0.15) is 10.4 Å². The van der Waals surface area contributed by atoms with Gasteiger partial charge in [0.1, 0.15) is 0 Å². The van der Waals surface area contributed by atoms with Crippen LogP contribution in [0.2, 0.25) is 0 Å². The first-order valence-electron chi connectivity index (χ1n) is 8.65. The van der Waals surface area contributed by atoms with E-state index >= 15 is 0 Å². The Morgan fingerprint density at radius 3 is 2.32 bits per heavy atom. The molecule has 0 atom stereocenters. The monoisotopic (exact) mass is 396 g/mol. The van der Waals surface area contributed by atoms with Crippen LogP contribution in [0.3, 0.4) is 0 Å². The molecular formula is C22H25FN4S. The number of nitrogens with one attached hydrogen (secondary N) is 1. The second-order valence-corrected chi connectivity index (χ2v) is 6.96. The van der Waals surface area contributed by atoms with Crippen LogP contribution in [0, 0.1) is 30.6 Å². The number of hydrazone groups is 1. The average Bonchev–Trinajstić information content (AvgIpc) is 2.70. The van der Waals surface area contributed by atoms with Crippen LogP contribution in [0.5, 0.6) is 0 Å². The Balaban J connectivity index is 0.000000696. The van der Waals surface area contributed by atoms with Gasteiger partial charge in [0.25, 0.3) is 0 Å². The topological polar surface area (TPSA) is 63.2 Å². The molecule has 0 aliphatic heterocycles. The van der Waals surface area contributed by atoms with Crippen molar-refractivity contribution in [2.45, 2.75) is 33.4 Å². The molecule has 0 unspecified atom stereocenters. The third-order valence-corrected chi connectivity index (χ3v) is 4.85. The van der Waals surface area contributed by atoms with Gasteiger partial charge in [0, 0.05) is 12.5 Å². The number of amidine groups is 1. The van der Waals surface area contributed by atoms with Gasteiger partial charge in [-0.3, -0.25) is 5.41 Å². The summed E-state index contributed by atoms with van der Waals surface area (Å²) < 4.78 is 11.3. The number of nitrogens with zero attached hydrogens (tertiary/aromatic N) is 3. The molecule has 4 nitrogen and oxygen atoms in total. The van der Waals surface area contributed by atoms with Gasteiger partial charge in [0.15, 0.2) is 5.17 Å². The molecule has 1 N–H and O–H groups in total. The van der Waals surface area contributed by atoms with E-state index in [-0.39, 0.29) is 5.83 Å². The number of hydrogen-bond donors (Lipinski definition) is 1. The highest BCUT2D eigenvalue weighted by atomic mass is 32.2. The lowest BCUT2D eigenvalue weighted by Crippen LogP contribution is -2.21. The molecule has 0 saturated carbocycles. The predicted molar refractivity (Wildman–Crippen MR) is 119 cm³/mol. The van der Waals surface area contributed by atoms with E-state index in [1.165, 1.54) is 35.3 Å². The van der Waals surface area contributed by atoms with Gasteiger partial charge in [0.05, 0.1) is 23.1 Å². The van der Waals surface area contributed by atoms with E-state index in [1.807, 2.05) is 37.3 Å². The maximum atomic E-state index is 11.3. The Morgan fingerprint density at radius 1 is 1.25 bits per heavy atom. The summed E-state index contributed by atoms with van der Waals surface area (Å²) in [5.41, 5.74) is 4.89. The number of hydrogen-bond acceptors (Lipinski definition) is 4. The van der Waals surface area contributed by atoms with Gasteiger partial charge in [-0.1, -0.05) is 36.0 Å². The molecule has 0 aromatic heterocycles. The van der Waals surface area contributed by atoms with Crippen LogP contribution < -0.4 is 5.01 Å². The Bertz CT molecular complexity index is 878. The summed E-state index contributed by atoms with van der Waals surface area (Å²) in [6.45, 7) is 10.7. The molecule has 0 fully saturated rings. The van der Waals surface area contributed by atoms with Crippen molar-refractivity contribution in [3.05, 3.63) is 76.6 Å². The standard InChI is InChI=1S/C18H18N4S.C4H7F/c1-13-4-9-17(10-14(13)2)22(21-3)18(20)23-12-16-7-5-15(11-19)6-8-16;1-3-4(2)5/h4-10,20H,3,12H2,1-2H3;3H,1-2H3/b;4-3+. The number of benzene rings is 2. The van der Waals surface area contributed by atoms with E-state index in [4.69, 9.17) is 10.7 Å². The first-order chi connectivity index (χ1) is 13.3. The molecular weight excluding hydrogens is 371 g/mol. The van der Waals surface area contributed by atoms with Crippen molar-refractivity contribution in [2.75, 3.05) is 5.01 Å². The summed E-state index contributed by atoms with van der Waals surface area (Å²) >= 11 is 1.37. The summed E-state index contributed by atoms with van der Waals surface area (Å²) in [6.07, 6.45) is 1.42. The van der Waals surface area contributed by atoms with Gasteiger partial charge >= 0.3 is 0 Å². The Kier molecular flexibility index (Phi) is 9.69. The minimum Gasteiger partial charge on any atom is -0.277 e. The molecule has 0 radical (unpaired) electrons. The third-order valence-electron chi connectivity index (χ3n) is 3.93. The molecule has 6 heteroatoms. The largest absolute Gasteiger partial charge is 0.277 e. The van der Waals surface area contributed by atoms with Crippen LogP contribution in [-0.4, -0.2) is 11.9 Å². The van der Waals surface area contributed by atoms with Crippen molar-refractivity contribution >= 4 is 29.3 Å². The molecule has 2 aromatic carbocycles. The Hall–Kier alpha value is -2.91. The van der Waals surface area contributed by atoms with E-state index in [0.717, 1.165) is 16.8 Å². The van der Waals surface area contributed by atoms with E-state index < -0.39 is 0 Å². The van der Waals surface area contributed by atoms with Crippen molar-refractivity contribution in [3.8, 4) is 6.07 Å². The summed E-state index contributed by atoms with van der Waals surface area (Å²) in [5.74, 6) is 0.520. The minimum atomic E-state index is -0.120. The number of allylic oxidation sites excluding steroid dienone is 2. The van der Waals surface area contributed by atoms with Crippen molar-refractivity contribution in [1.82, 2.24) is 0 Å². The zero-order valence-corrected chi connectivity index (χ0v) is 17.5. The second-order valence-electron chi connectivity index (χ2n) is 6.00. The lowest BCUT2D eigenvalue weighted by atomic mass is 10.1. The Morgan fingerprint density at radius 2 is 1.86 bits per heavy atom. The highest BCUT2D eigenvalue weighted by Gasteiger charge is 2.12.